The van der Waals surface area contributed by atoms with E-state index in [1.807, 2.05) is 38.2 Å². The van der Waals surface area contributed by atoms with E-state index in [1.54, 1.807) is 4.90 Å². The van der Waals surface area contributed by atoms with Crippen molar-refractivity contribution >= 4 is 5.91 Å². The summed E-state index contributed by atoms with van der Waals surface area (Å²) in [4.78, 5) is 13.9. The topological polar surface area (TPSA) is 41.6 Å². The molecule has 1 aromatic rings. The molecular weight excluding hydrogens is 264 g/mol. The zero-order valence-corrected chi connectivity index (χ0v) is 13.7. The first-order chi connectivity index (χ1) is 10.0. The summed E-state index contributed by atoms with van der Waals surface area (Å²) in [5.41, 5.74) is 1.05. The second-order valence-electron chi connectivity index (χ2n) is 5.50. The third-order valence-corrected chi connectivity index (χ3v) is 3.23. The molecule has 118 valence electrons. The highest BCUT2D eigenvalue weighted by Crippen LogP contribution is 2.19. The van der Waals surface area contributed by atoms with Crippen molar-refractivity contribution in [1.29, 1.82) is 0 Å². The van der Waals surface area contributed by atoms with E-state index in [2.05, 4.69) is 19.2 Å². The second-order valence-corrected chi connectivity index (χ2v) is 5.50. The zero-order valence-electron chi connectivity index (χ0n) is 13.7. The Hall–Kier alpha value is -1.55. The van der Waals surface area contributed by atoms with Crippen molar-refractivity contribution in [1.82, 2.24) is 10.2 Å². The molecule has 0 atom stereocenters. The predicted octanol–water partition coefficient (Wildman–Crippen LogP) is 2.82. The third-order valence-electron chi connectivity index (χ3n) is 3.23. The van der Waals surface area contributed by atoms with Crippen LogP contribution < -0.4 is 10.1 Å². The standard InChI is InChI=1S/C17H28N2O2/c1-5-21-16-10-7-6-9-15(16)13-19(4)17(20)11-8-12-18-14(2)3/h6-7,9-10,14,18H,5,8,11-13H2,1-4H3. The van der Waals surface area contributed by atoms with Crippen molar-refractivity contribution in [3.8, 4) is 5.75 Å². The van der Waals surface area contributed by atoms with Crippen LogP contribution in [0.5, 0.6) is 5.75 Å². The van der Waals surface area contributed by atoms with Gasteiger partial charge in [0.15, 0.2) is 0 Å². The first kappa shape index (κ1) is 17.5. The summed E-state index contributed by atoms with van der Waals surface area (Å²) in [6.45, 7) is 8.29. The van der Waals surface area contributed by atoms with Crippen LogP contribution in [0.25, 0.3) is 0 Å². The third kappa shape index (κ3) is 6.63. The molecule has 0 aromatic heterocycles. The first-order valence-corrected chi connectivity index (χ1v) is 7.72. The van der Waals surface area contributed by atoms with Gasteiger partial charge in [-0.15, -0.1) is 0 Å². The summed E-state index contributed by atoms with van der Waals surface area (Å²) in [7, 11) is 1.85. The van der Waals surface area contributed by atoms with Gasteiger partial charge in [0.25, 0.3) is 0 Å². The van der Waals surface area contributed by atoms with Gasteiger partial charge in [0, 0.05) is 31.6 Å². The summed E-state index contributed by atoms with van der Waals surface area (Å²) in [6, 6.07) is 8.35. The lowest BCUT2D eigenvalue weighted by Gasteiger charge is -2.19. The van der Waals surface area contributed by atoms with E-state index in [9.17, 15) is 4.79 Å². The van der Waals surface area contributed by atoms with E-state index < -0.39 is 0 Å². The smallest absolute Gasteiger partial charge is 0.222 e. The van der Waals surface area contributed by atoms with E-state index in [1.165, 1.54) is 0 Å². The maximum atomic E-state index is 12.1. The molecule has 0 spiro atoms. The largest absolute Gasteiger partial charge is 0.494 e. The van der Waals surface area contributed by atoms with Crippen molar-refractivity contribution in [2.24, 2.45) is 0 Å². The Morgan fingerprint density at radius 1 is 1.33 bits per heavy atom. The van der Waals surface area contributed by atoms with Crippen LogP contribution in [0.15, 0.2) is 24.3 Å². The Morgan fingerprint density at radius 2 is 2.05 bits per heavy atom. The zero-order chi connectivity index (χ0) is 15.7. The Kier molecular flexibility index (Phi) is 7.83. The van der Waals surface area contributed by atoms with Gasteiger partial charge in [-0.3, -0.25) is 4.79 Å². The number of nitrogens with zero attached hydrogens (tertiary/aromatic N) is 1. The lowest BCUT2D eigenvalue weighted by molar-refractivity contribution is -0.130. The Bertz CT molecular complexity index is 433. The fraction of sp³-hybridized carbons (Fsp3) is 0.588. The number of carbonyl (C=O) groups is 1. The summed E-state index contributed by atoms with van der Waals surface area (Å²) >= 11 is 0. The average Bonchev–Trinajstić information content (AvgIpc) is 2.45. The van der Waals surface area contributed by atoms with Crippen molar-refractivity contribution in [2.45, 2.75) is 46.2 Å². The minimum Gasteiger partial charge on any atom is -0.494 e. The molecular formula is C17H28N2O2. The van der Waals surface area contributed by atoms with Gasteiger partial charge in [0.1, 0.15) is 5.75 Å². The molecule has 4 nitrogen and oxygen atoms in total. The number of carbonyl (C=O) groups excluding carboxylic acids is 1. The van der Waals surface area contributed by atoms with Crippen LogP contribution in [0, 0.1) is 0 Å². The van der Waals surface area contributed by atoms with Crippen LogP contribution in [0.4, 0.5) is 0 Å². The molecule has 1 rings (SSSR count). The van der Waals surface area contributed by atoms with Gasteiger partial charge in [-0.05, 0) is 26.0 Å². The first-order valence-electron chi connectivity index (χ1n) is 7.72. The van der Waals surface area contributed by atoms with Crippen molar-refractivity contribution in [3.63, 3.8) is 0 Å². The number of ether oxygens (including phenoxy) is 1. The molecule has 1 aromatic carbocycles. The van der Waals surface area contributed by atoms with E-state index >= 15 is 0 Å². The van der Waals surface area contributed by atoms with Gasteiger partial charge < -0.3 is 15.0 Å². The molecule has 0 aliphatic carbocycles. The van der Waals surface area contributed by atoms with Gasteiger partial charge in [0.2, 0.25) is 5.91 Å². The maximum Gasteiger partial charge on any atom is 0.222 e. The number of nitrogens with one attached hydrogen (secondary N) is 1. The SMILES string of the molecule is CCOc1ccccc1CN(C)C(=O)CCCNC(C)C. The molecule has 1 amide bonds. The molecule has 1 N–H and O–H groups in total. The van der Waals surface area contributed by atoms with Gasteiger partial charge in [-0.25, -0.2) is 0 Å². The highest BCUT2D eigenvalue weighted by atomic mass is 16.5. The summed E-state index contributed by atoms with van der Waals surface area (Å²) in [5.74, 6) is 1.04. The Morgan fingerprint density at radius 3 is 2.71 bits per heavy atom. The van der Waals surface area contributed by atoms with Crippen LogP contribution in [0.1, 0.15) is 39.2 Å². The number of hydrogen-bond donors (Lipinski definition) is 1. The van der Waals surface area contributed by atoms with Gasteiger partial charge in [0.05, 0.1) is 6.61 Å². The Balaban J connectivity index is 2.45. The van der Waals surface area contributed by atoms with Crippen LogP contribution in [-0.2, 0) is 11.3 Å². The molecule has 0 saturated heterocycles. The highest BCUT2D eigenvalue weighted by molar-refractivity contribution is 5.75. The van der Waals surface area contributed by atoms with Crippen LogP contribution in [-0.4, -0.2) is 37.0 Å². The van der Waals surface area contributed by atoms with E-state index in [-0.39, 0.29) is 5.91 Å². The predicted molar refractivity (Wildman–Crippen MR) is 86.5 cm³/mol. The normalized spacial score (nSPS) is 10.7. The highest BCUT2D eigenvalue weighted by Gasteiger charge is 2.11. The quantitative estimate of drug-likeness (QED) is 0.712. The van der Waals surface area contributed by atoms with E-state index in [0.717, 1.165) is 24.3 Å². The summed E-state index contributed by atoms with van der Waals surface area (Å²) < 4.78 is 5.59. The fourth-order valence-corrected chi connectivity index (χ4v) is 2.10. The molecule has 0 heterocycles. The number of rotatable bonds is 9. The summed E-state index contributed by atoms with van der Waals surface area (Å²) in [5, 5.41) is 3.32. The molecule has 4 heteroatoms. The van der Waals surface area contributed by atoms with Crippen LogP contribution >= 0.6 is 0 Å². The summed E-state index contributed by atoms with van der Waals surface area (Å²) in [6.07, 6.45) is 1.45. The van der Waals surface area contributed by atoms with Crippen molar-refractivity contribution < 1.29 is 9.53 Å². The van der Waals surface area contributed by atoms with Crippen LogP contribution in [0.2, 0.25) is 0 Å². The molecule has 0 aliphatic heterocycles. The molecule has 0 saturated carbocycles. The number of amides is 1. The van der Waals surface area contributed by atoms with Gasteiger partial charge in [-0.1, -0.05) is 32.0 Å². The van der Waals surface area contributed by atoms with E-state index in [0.29, 0.717) is 25.6 Å². The molecule has 0 unspecified atom stereocenters. The van der Waals surface area contributed by atoms with Crippen LogP contribution in [0.3, 0.4) is 0 Å². The molecule has 0 bridgehead atoms. The minimum absolute atomic E-state index is 0.173. The van der Waals surface area contributed by atoms with E-state index in [4.69, 9.17) is 4.74 Å². The monoisotopic (exact) mass is 292 g/mol. The van der Waals surface area contributed by atoms with Gasteiger partial charge >= 0.3 is 0 Å². The maximum absolute atomic E-state index is 12.1. The van der Waals surface area contributed by atoms with Crippen molar-refractivity contribution in [3.05, 3.63) is 29.8 Å². The number of para-hydroxylation sites is 1. The molecule has 21 heavy (non-hydrogen) atoms. The average molecular weight is 292 g/mol. The Labute approximate surface area is 128 Å². The number of benzene rings is 1. The lowest BCUT2D eigenvalue weighted by Crippen LogP contribution is -2.28. The fourth-order valence-electron chi connectivity index (χ4n) is 2.10. The molecule has 0 aliphatic rings. The number of hydrogen-bond acceptors (Lipinski definition) is 3. The lowest BCUT2D eigenvalue weighted by atomic mass is 10.2. The van der Waals surface area contributed by atoms with Crippen molar-refractivity contribution in [2.75, 3.05) is 20.2 Å². The molecule has 0 radical (unpaired) electrons. The van der Waals surface area contributed by atoms with Gasteiger partial charge in [-0.2, -0.15) is 0 Å². The molecule has 0 fully saturated rings. The second kappa shape index (κ2) is 9.40. The minimum atomic E-state index is 0.173.